The molecule has 0 bridgehead atoms. The van der Waals surface area contributed by atoms with Crippen LogP contribution in [-0.4, -0.2) is 18.0 Å². The van der Waals surface area contributed by atoms with Gasteiger partial charge in [-0.3, -0.25) is 4.79 Å². The Labute approximate surface area is 146 Å². The van der Waals surface area contributed by atoms with Crippen molar-refractivity contribution in [2.24, 2.45) is 0 Å². The van der Waals surface area contributed by atoms with E-state index in [1.54, 1.807) is 48.5 Å². The van der Waals surface area contributed by atoms with Gasteiger partial charge in [-0.15, -0.1) is 0 Å². The maximum Gasteiger partial charge on any atom is 0.319 e. The van der Waals surface area contributed by atoms with Crippen molar-refractivity contribution in [2.45, 2.75) is 26.4 Å². The molecule has 0 spiro atoms. The Morgan fingerprint density at radius 2 is 1.68 bits per heavy atom. The summed E-state index contributed by atoms with van der Waals surface area (Å²) in [7, 11) is 0. The number of hydrogen-bond donors (Lipinski definition) is 3. The SMILES string of the molecule is CC(C)NC(=O)Nc1ccc(C(=O)NCc2ccc(C#N)cc2)cc1. The molecule has 0 fully saturated rings. The molecule has 0 saturated carbocycles. The number of urea groups is 1. The molecule has 0 atom stereocenters. The fourth-order valence-corrected chi connectivity index (χ4v) is 2.12. The van der Waals surface area contributed by atoms with Crippen LogP contribution < -0.4 is 16.0 Å². The summed E-state index contributed by atoms with van der Waals surface area (Å²) in [4.78, 5) is 23.8. The number of nitrogens with one attached hydrogen (secondary N) is 3. The van der Waals surface area contributed by atoms with Crippen LogP contribution in [0, 0.1) is 11.3 Å². The second-order valence-electron chi connectivity index (χ2n) is 5.82. The Hall–Kier alpha value is -3.33. The summed E-state index contributed by atoms with van der Waals surface area (Å²) in [6.07, 6.45) is 0. The first kappa shape index (κ1) is 18.0. The molecule has 0 unspecified atom stereocenters. The Morgan fingerprint density at radius 1 is 1.04 bits per heavy atom. The molecule has 25 heavy (non-hydrogen) atoms. The van der Waals surface area contributed by atoms with E-state index < -0.39 is 0 Å². The molecule has 2 aromatic rings. The van der Waals surface area contributed by atoms with Gasteiger partial charge >= 0.3 is 6.03 Å². The zero-order chi connectivity index (χ0) is 18.2. The largest absolute Gasteiger partial charge is 0.348 e. The molecule has 3 N–H and O–H groups in total. The van der Waals surface area contributed by atoms with Crippen molar-refractivity contribution < 1.29 is 9.59 Å². The Morgan fingerprint density at radius 3 is 2.24 bits per heavy atom. The van der Waals surface area contributed by atoms with Gasteiger partial charge in [-0.05, 0) is 55.8 Å². The van der Waals surface area contributed by atoms with Gasteiger partial charge in [0.05, 0.1) is 11.6 Å². The summed E-state index contributed by atoms with van der Waals surface area (Å²) in [6, 6.07) is 15.5. The normalized spacial score (nSPS) is 10.0. The minimum atomic E-state index is -0.284. The van der Waals surface area contributed by atoms with E-state index in [9.17, 15) is 9.59 Å². The van der Waals surface area contributed by atoms with E-state index >= 15 is 0 Å². The topological polar surface area (TPSA) is 94.0 Å². The highest BCUT2D eigenvalue weighted by atomic mass is 16.2. The van der Waals surface area contributed by atoms with Crippen LogP contribution in [0.5, 0.6) is 0 Å². The van der Waals surface area contributed by atoms with Crippen molar-refractivity contribution in [3.63, 3.8) is 0 Å². The van der Waals surface area contributed by atoms with Gasteiger partial charge in [0, 0.05) is 23.8 Å². The number of nitrogens with zero attached hydrogens (tertiary/aromatic N) is 1. The molecular weight excluding hydrogens is 316 g/mol. The molecule has 0 aliphatic carbocycles. The van der Waals surface area contributed by atoms with Crippen LogP contribution in [0.4, 0.5) is 10.5 Å². The second kappa shape index (κ2) is 8.50. The Kier molecular flexibility index (Phi) is 6.13. The lowest BCUT2D eigenvalue weighted by Gasteiger charge is -2.10. The Balaban J connectivity index is 1.89. The van der Waals surface area contributed by atoms with Gasteiger partial charge < -0.3 is 16.0 Å². The Bertz CT molecular complexity index is 775. The number of anilines is 1. The number of carbonyl (C=O) groups is 2. The average Bonchev–Trinajstić information content (AvgIpc) is 2.60. The molecule has 6 nitrogen and oxygen atoms in total. The number of amides is 3. The van der Waals surface area contributed by atoms with E-state index in [-0.39, 0.29) is 18.0 Å². The molecular formula is C19H20N4O2. The first-order valence-corrected chi connectivity index (χ1v) is 7.93. The second-order valence-corrected chi connectivity index (χ2v) is 5.82. The van der Waals surface area contributed by atoms with Crippen LogP contribution in [-0.2, 0) is 6.54 Å². The highest BCUT2D eigenvalue weighted by Gasteiger charge is 2.07. The van der Waals surface area contributed by atoms with Gasteiger partial charge in [0.15, 0.2) is 0 Å². The van der Waals surface area contributed by atoms with Crippen molar-refractivity contribution in [1.29, 1.82) is 5.26 Å². The molecule has 0 aliphatic heterocycles. The fraction of sp³-hybridized carbons (Fsp3) is 0.211. The highest BCUT2D eigenvalue weighted by molar-refractivity contribution is 5.95. The van der Waals surface area contributed by atoms with Crippen molar-refractivity contribution in [3.05, 3.63) is 65.2 Å². The molecule has 0 saturated heterocycles. The van der Waals surface area contributed by atoms with E-state index in [1.165, 1.54) is 0 Å². The van der Waals surface area contributed by atoms with Gasteiger partial charge in [0.1, 0.15) is 0 Å². The van der Waals surface area contributed by atoms with E-state index in [2.05, 4.69) is 22.0 Å². The maximum absolute atomic E-state index is 12.2. The van der Waals surface area contributed by atoms with Gasteiger partial charge in [0.25, 0.3) is 5.91 Å². The quantitative estimate of drug-likeness (QED) is 0.783. The number of carbonyl (C=O) groups excluding carboxylic acids is 2. The number of benzene rings is 2. The average molecular weight is 336 g/mol. The van der Waals surface area contributed by atoms with E-state index in [4.69, 9.17) is 5.26 Å². The summed E-state index contributed by atoms with van der Waals surface area (Å²) in [5.41, 5.74) is 2.61. The van der Waals surface area contributed by atoms with Crippen LogP contribution in [0.15, 0.2) is 48.5 Å². The predicted octanol–water partition coefficient (Wildman–Crippen LogP) is 3.02. The van der Waals surface area contributed by atoms with Gasteiger partial charge in [-0.1, -0.05) is 12.1 Å². The summed E-state index contributed by atoms with van der Waals surface area (Å²) < 4.78 is 0. The molecule has 2 aromatic carbocycles. The molecule has 2 rings (SSSR count). The van der Waals surface area contributed by atoms with E-state index in [1.807, 2.05) is 13.8 Å². The van der Waals surface area contributed by atoms with E-state index in [0.29, 0.717) is 23.4 Å². The standard InChI is InChI=1S/C19H20N4O2/c1-13(2)22-19(25)23-17-9-7-16(8-10-17)18(24)21-12-15-5-3-14(11-20)4-6-15/h3-10,13H,12H2,1-2H3,(H,21,24)(H2,22,23,25). The van der Waals surface area contributed by atoms with Crippen molar-refractivity contribution in [3.8, 4) is 6.07 Å². The molecule has 0 aliphatic rings. The minimum absolute atomic E-state index is 0.0484. The van der Waals surface area contributed by atoms with Crippen LogP contribution in [0.2, 0.25) is 0 Å². The molecule has 0 aromatic heterocycles. The van der Waals surface area contributed by atoms with Crippen LogP contribution in [0.25, 0.3) is 0 Å². The summed E-state index contributed by atoms with van der Waals surface area (Å²) in [5, 5.41) is 17.0. The van der Waals surface area contributed by atoms with Gasteiger partial charge in [-0.25, -0.2) is 4.79 Å². The monoisotopic (exact) mass is 336 g/mol. The predicted molar refractivity (Wildman–Crippen MR) is 96.1 cm³/mol. The molecule has 128 valence electrons. The lowest BCUT2D eigenvalue weighted by Crippen LogP contribution is -2.34. The van der Waals surface area contributed by atoms with Crippen molar-refractivity contribution in [2.75, 3.05) is 5.32 Å². The fourth-order valence-electron chi connectivity index (χ4n) is 2.12. The number of rotatable bonds is 5. The third kappa shape index (κ3) is 5.66. The maximum atomic E-state index is 12.2. The van der Waals surface area contributed by atoms with Gasteiger partial charge in [0.2, 0.25) is 0 Å². The molecule has 6 heteroatoms. The zero-order valence-electron chi connectivity index (χ0n) is 14.2. The van der Waals surface area contributed by atoms with Crippen molar-refractivity contribution in [1.82, 2.24) is 10.6 Å². The highest BCUT2D eigenvalue weighted by Crippen LogP contribution is 2.10. The summed E-state index contributed by atoms with van der Waals surface area (Å²) >= 11 is 0. The van der Waals surface area contributed by atoms with E-state index in [0.717, 1.165) is 5.56 Å². The summed E-state index contributed by atoms with van der Waals surface area (Å²) in [5.74, 6) is -0.206. The first-order valence-electron chi connectivity index (χ1n) is 7.93. The first-order chi connectivity index (χ1) is 12.0. The minimum Gasteiger partial charge on any atom is -0.348 e. The lowest BCUT2D eigenvalue weighted by molar-refractivity contribution is 0.0951. The third-order valence-corrected chi connectivity index (χ3v) is 3.36. The van der Waals surface area contributed by atoms with Gasteiger partial charge in [-0.2, -0.15) is 5.26 Å². The van der Waals surface area contributed by atoms with Crippen LogP contribution >= 0.6 is 0 Å². The van der Waals surface area contributed by atoms with Crippen LogP contribution in [0.3, 0.4) is 0 Å². The summed E-state index contributed by atoms with van der Waals surface area (Å²) in [6.45, 7) is 4.13. The molecule has 0 heterocycles. The smallest absolute Gasteiger partial charge is 0.319 e. The molecule has 0 radical (unpaired) electrons. The lowest BCUT2D eigenvalue weighted by atomic mass is 10.1. The van der Waals surface area contributed by atoms with Crippen LogP contribution in [0.1, 0.15) is 35.3 Å². The zero-order valence-corrected chi connectivity index (χ0v) is 14.2. The third-order valence-electron chi connectivity index (χ3n) is 3.36. The molecule has 3 amide bonds. The number of hydrogen-bond acceptors (Lipinski definition) is 3. The van der Waals surface area contributed by atoms with Crippen molar-refractivity contribution >= 4 is 17.6 Å². The number of nitriles is 1.